The summed E-state index contributed by atoms with van der Waals surface area (Å²) in [5.74, 6) is -2.32. The molecule has 1 heterocycles. The number of hydrogen-bond acceptors (Lipinski definition) is 5. The Balaban J connectivity index is 2.29. The maximum absolute atomic E-state index is 12.6. The molecule has 27 heavy (non-hydrogen) atoms. The maximum Gasteiger partial charge on any atom is 0.337 e. The zero-order valence-corrected chi connectivity index (χ0v) is 15.6. The van der Waals surface area contributed by atoms with Crippen LogP contribution in [0.1, 0.15) is 58.9 Å². The fraction of sp³-hybridized carbons (Fsp3) is 0.300. The number of aryl methyl sites for hydroxylation is 1. The molecule has 0 unspecified atom stereocenters. The fourth-order valence-corrected chi connectivity index (χ4v) is 2.40. The molecule has 0 aliphatic carbocycles. The van der Waals surface area contributed by atoms with E-state index in [1.54, 1.807) is 51.1 Å². The van der Waals surface area contributed by atoms with Gasteiger partial charge in [-0.1, -0.05) is 30.3 Å². The molecule has 2 aromatic rings. The molecule has 142 valence electrons. The summed E-state index contributed by atoms with van der Waals surface area (Å²) in [6, 6.07) is 10.3. The second-order valence-corrected chi connectivity index (χ2v) is 6.99. The number of benzene rings is 1. The molecule has 0 bridgehead atoms. The molecule has 0 aliphatic heterocycles. The first kappa shape index (κ1) is 20.1. The van der Waals surface area contributed by atoms with Crippen molar-refractivity contribution >= 4 is 17.8 Å². The number of carbonyl (C=O) groups excluding carboxylic acids is 2. The Morgan fingerprint density at radius 2 is 1.70 bits per heavy atom. The highest BCUT2D eigenvalue weighted by Gasteiger charge is 2.29. The molecule has 2 N–H and O–H groups in total. The quantitative estimate of drug-likeness (QED) is 0.784. The predicted octanol–water partition coefficient (Wildman–Crippen LogP) is 2.90. The van der Waals surface area contributed by atoms with Crippen LogP contribution in [0.15, 0.2) is 42.5 Å². The van der Waals surface area contributed by atoms with Crippen molar-refractivity contribution in [2.75, 3.05) is 0 Å². The third kappa shape index (κ3) is 5.37. The Hall–Kier alpha value is -3.22. The number of pyridine rings is 1. The third-order valence-electron chi connectivity index (χ3n) is 3.60. The van der Waals surface area contributed by atoms with Gasteiger partial charge < -0.3 is 15.2 Å². The van der Waals surface area contributed by atoms with Gasteiger partial charge in [-0.25, -0.2) is 14.6 Å². The van der Waals surface area contributed by atoms with E-state index >= 15 is 0 Å². The van der Waals surface area contributed by atoms with E-state index in [4.69, 9.17) is 9.84 Å². The van der Waals surface area contributed by atoms with Crippen molar-refractivity contribution in [3.63, 3.8) is 0 Å². The second kappa shape index (κ2) is 7.99. The molecule has 7 heteroatoms. The van der Waals surface area contributed by atoms with Gasteiger partial charge in [-0.15, -0.1) is 0 Å². The first-order chi connectivity index (χ1) is 12.6. The van der Waals surface area contributed by atoms with E-state index in [9.17, 15) is 14.4 Å². The highest BCUT2D eigenvalue weighted by molar-refractivity contribution is 5.96. The van der Waals surface area contributed by atoms with Crippen LogP contribution in [0, 0.1) is 6.92 Å². The van der Waals surface area contributed by atoms with Crippen molar-refractivity contribution in [2.24, 2.45) is 0 Å². The summed E-state index contributed by atoms with van der Waals surface area (Å²) >= 11 is 0. The molecule has 1 aromatic carbocycles. The van der Waals surface area contributed by atoms with Gasteiger partial charge in [-0.2, -0.15) is 0 Å². The lowest BCUT2D eigenvalue weighted by Crippen LogP contribution is -2.38. The highest BCUT2D eigenvalue weighted by Crippen LogP contribution is 2.19. The first-order valence-corrected chi connectivity index (χ1v) is 8.38. The number of aromatic nitrogens is 1. The first-order valence-electron chi connectivity index (χ1n) is 8.38. The van der Waals surface area contributed by atoms with E-state index in [0.29, 0.717) is 5.56 Å². The monoisotopic (exact) mass is 370 g/mol. The van der Waals surface area contributed by atoms with Crippen molar-refractivity contribution in [2.45, 2.75) is 39.3 Å². The minimum absolute atomic E-state index is 0.0123. The molecule has 0 spiro atoms. The fourth-order valence-electron chi connectivity index (χ4n) is 2.40. The normalized spacial score (nSPS) is 12.1. The number of hydrogen-bond donors (Lipinski definition) is 2. The summed E-state index contributed by atoms with van der Waals surface area (Å²) in [5, 5.41) is 11.7. The molecule has 0 radical (unpaired) electrons. The molecule has 0 saturated heterocycles. The van der Waals surface area contributed by atoms with Gasteiger partial charge in [0.1, 0.15) is 11.3 Å². The molecule has 1 atom stereocenters. The summed E-state index contributed by atoms with van der Waals surface area (Å²) in [7, 11) is 0. The number of amides is 1. The summed E-state index contributed by atoms with van der Waals surface area (Å²) in [4.78, 5) is 40.3. The number of aromatic carboxylic acids is 1. The molecule has 1 amide bonds. The summed E-state index contributed by atoms with van der Waals surface area (Å²) < 4.78 is 5.41. The van der Waals surface area contributed by atoms with Crippen LogP contribution < -0.4 is 5.32 Å². The zero-order chi connectivity index (χ0) is 20.2. The molecule has 2 rings (SSSR count). The number of carboxylic acids is 1. The minimum Gasteiger partial charge on any atom is -0.478 e. The topological polar surface area (TPSA) is 106 Å². The van der Waals surface area contributed by atoms with Crippen LogP contribution in [0.25, 0.3) is 0 Å². The van der Waals surface area contributed by atoms with Gasteiger partial charge in [0.15, 0.2) is 6.04 Å². The maximum atomic E-state index is 12.6. The Morgan fingerprint density at radius 3 is 2.22 bits per heavy atom. The zero-order valence-electron chi connectivity index (χ0n) is 15.6. The van der Waals surface area contributed by atoms with E-state index in [2.05, 4.69) is 10.3 Å². The average Bonchev–Trinajstić information content (AvgIpc) is 2.58. The second-order valence-electron chi connectivity index (χ2n) is 6.99. The molecule has 7 nitrogen and oxygen atoms in total. The van der Waals surface area contributed by atoms with Crippen molar-refractivity contribution in [3.8, 4) is 0 Å². The summed E-state index contributed by atoms with van der Waals surface area (Å²) in [6.45, 7) is 6.72. The van der Waals surface area contributed by atoms with Crippen LogP contribution in [-0.4, -0.2) is 33.5 Å². The Labute approximate surface area is 157 Å². The van der Waals surface area contributed by atoms with Crippen molar-refractivity contribution in [1.82, 2.24) is 10.3 Å². The van der Waals surface area contributed by atoms with Gasteiger partial charge in [0.25, 0.3) is 5.91 Å². The van der Waals surface area contributed by atoms with Gasteiger partial charge in [-0.05, 0) is 45.4 Å². The standard InChI is InChI=1S/C20H22N2O5/c1-12-14(18(24)25)10-11-15(21-12)17(23)22-16(13-8-6-5-7-9-13)19(26)27-20(2,3)4/h5-11,16H,1-4H3,(H,22,23)(H,24,25)/t16-/m0/s1. The predicted molar refractivity (Wildman–Crippen MR) is 98.4 cm³/mol. The number of carboxylic acid groups (broad SMARTS) is 1. The lowest BCUT2D eigenvalue weighted by Gasteiger charge is -2.24. The number of esters is 1. The number of rotatable bonds is 5. The van der Waals surface area contributed by atoms with Gasteiger partial charge in [0.2, 0.25) is 0 Å². The van der Waals surface area contributed by atoms with Crippen LogP contribution in [0.4, 0.5) is 0 Å². The summed E-state index contributed by atoms with van der Waals surface area (Å²) in [6.07, 6.45) is 0. The van der Waals surface area contributed by atoms with Crippen molar-refractivity contribution in [1.29, 1.82) is 0 Å². The largest absolute Gasteiger partial charge is 0.478 e. The van der Waals surface area contributed by atoms with E-state index in [1.807, 2.05) is 0 Å². The van der Waals surface area contributed by atoms with E-state index in [-0.39, 0.29) is 17.0 Å². The van der Waals surface area contributed by atoms with Crippen LogP contribution >= 0.6 is 0 Å². The van der Waals surface area contributed by atoms with Crippen LogP contribution in [-0.2, 0) is 9.53 Å². The lowest BCUT2D eigenvalue weighted by molar-refractivity contribution is -0.157. The Bertz CT molecular complexity index is 856. The smallest absolute Gasteiger partial charge is 0.337 e. The van der Waals surface area contributed by atoms with E-state index in [1.165, 1.54) is 19.1 Å². The molecular formula is C20H22N2O5. The van der Waals surface area contributed by atoms with Gasteiger partial charge in [-0.3, -0.25) is 4.79 Å². The number of ether oxygens (including phenoxy) is 1. The number of nitrogens with zero attached hydrogens (tertiary/aromatic N) is 1. The Kier molecular flexibility index (Phi) is 5.95. The van der Waals surface area contributed by atoms with E-state index < -0.39 is 29.5 Å². The van der Waals surface area contributed by atoms with Crippen LogP contribution in [0.2, 0.25) is 0 Å². The van der Waals surface area contributed by atoms with Gasteiger partial charge >= 0.3 is 11.9 Å². The van der Waals surface area contributed by atoms with Crippen LogP contribution in [0.3, 0.4) is 0 Å². The van der Waals surface area contributed by atoms with Gasteiger partial charge in [0.05, 0.1) is 11.3 Å². The molecule has 0 saturated carbocycles. The molecule has 1 aromatic heterocycles. The Morgan fingerprint density at radius 1 is 1.07 bits per heavy atom. The molecule has 0 fully saturated rings. The molecular weight excluding hydrogens is 348 g/mol. The van der Waals surface area contributed by atoms with Crippen LogP contribution in [0.5, 0.6) is 0 Å². The number of carbonyl (C=O) groups is 3. The van der Waals surface area contributed by atoms with Crippen molar-refractivity contribution in [3.05, 3.63) is 65.0 Å². The number of nitrogens with one attached hydrogen (secondary N) is 1. The molecule has 0 aliphatic rings. The highest BCUT2D eigenvalue weighted by atomic mass is 16.6. The summed E-state index contributed by atoms with van der Waals surface area (Å²) in [5.41, 5.74) is 0.0928. The van der Waals surface area contributed by atoms with Crippen molar-refractivity contribution < 1.29 is 24.2 Å². The third-order valence-corrected chi connectivity index (χ3v) is 3.60. The van der Waals surface area contributed by atoms with Gasteiger partial charge in [0, 0.05) is 0 Å². The SMILES string of the molecule is Cc1nc(C(=O)N[C@H](C(=O)OC(C)(C)C)c2ccccc2)ccc1C(=O)O. The minimum atomic E-state index is -1.12. The average molecular weight is 370 g/mol. The van der Waals surface area contributed by atoms with E-state index in [0.717, 1.165) is 0 Å². The lowest BCUT2D eigenvalue weighted by atomic mass is 10.1.